The van der Waals surface area contributed by atoms with Crippen LogP contribution in [0.2, 0.25) is 0 Å². The lowest BCUT2D eigenvalue weighted by Crippen LogP contribution is -2.15. The highest BCUT2D eigenvalue weighted by molar-refractivity contribution is 7.48. The lowest BCUT2D eigenvalue weighted by molar-refractivity contribution is -0.147. The van der Waals surface area contributed by atoms with Gasteiger partial charge in [-0.15, -0.1) is 0 Å². The average molecular weight is 637 g/mol. The second-order valence-corrected chi connectivity index (χ2v) is 13.1. The van der Waals surface area contributed by atoms with E-state index in [-0.39, 0.29) is 11.9 Å². The Kier molecular flexibility index (Phi) is 33.3. The molecule has 0 aliphatic carbocycles. The van der Waals surface area contributed by atoms with Gasteiger partial charge in [0.2, 0.25) is 0 Å². The first kappa shape index (κ1) is 44.2. The van der Waals surface area contributed by atoms with Gasteiger partial charge < -0.3 is 9.47 Å². The Morgan fingerprint density at radius 1 is 0.512 bits per heavy atom. The van der Waals surface area contributed by atoms with Crippen LogP contribution in [0, 0.1) is 11.8 Å². The molecule has 0 heterocycles. The van der Waals surface area contributed by atoms with Crippen LogP contribution in [-0.4, -0.2) is 45.0 Å². The highest BCUT2D eigenvalue weighted by Crippen LogP contribution is 2.49. The monoisotopic (exact) mass is 636 g/mol. The minimum atomic E-state index is -3.31. The maximum absolute atomic E-state index is 12.2. The molecule has 0 aliphatic rings. The third-order valence-corrected chi connectivity index (χ3v) is 8.80. The van der Waals surface area contributed by atoms with E-state index in [0.29, 0.717) is 70.6 Å². The first-order valence-electron chi connectivity index (χ1n) is 17.6. The van der Waals surface area contributed by atoms with Crippen LogP contribution in [0.25, 0.3) is 0 Å². The molecule has 43 heavy (non-hydrogen) atoms. The summed E-state index contributed by atoms with van der Waals surface area (Å²) in [5, 5.41) is 0. The Morgan fingerprint density at radius 2 is 0.837 bits per heavy atom. The fraction of sp³-hybridized carbons (Fsp3) is 0.941. The highest BCUT2D eigenvalue weighted by atomic mass is 31.2. The molecule has 0 radical (unpaired) electrons. The zero-order chi connectivity index (χ0) is 32.6. The van der Waals surface area contributed by atoms with Crippen molar-refractivity contribution in [1.29, 1.82) is 0 Å². The Hall–Kier alpha value is -0.950. The zero-order valence-electron chi connectivity index (χ0n) is 29.1. The molecule has 2 unspecified atom stereocenters. The molecule has 0 spiro atoms. The number of phosphoric acid groups is 1. The van der Waals surface area contributed by atoms with Crippen molar-refractivity contribution in [3.8, 4) is 0 Å². The van der Waals surface area contributed by atoms with E-state index in [1.54, 1.807) is 0 Å². The molecule has 0 amide bonds. The molecule has 0 saturated heterocycles. The molecule has 0 aliphatic heterocycles. The Labute approximate surface area is 265 Å². The van der Waals surface area contributed by atoms with Gasteiger partial charge in [-0.25, -0.2) is 4.57 Å². The highest BCUT2D eigenvalue weighted by Gasteiger charge is 2.25. The van der Waals surface area contributed by atoms with E-state index in [2.05, 4.69) is 48.5 Å². The maximum atomic E-state index is 12.2. The molecule has 8 nitrogen and oxygen atoms in total. The smallest absolute Gasteiger partial charge is 0.465 e. The zero-order valence-corrected chi connectivity index (χ0v) is 30.0. The van der Waals surface area contributed by atoms with Gasteiger partial charge in [-0.3, -0.25) is 23.2 Å². The van der Waals surface area contributed by atoms with Crippen LogP contribution in [0.3, 0.4) is 0 Å². The van der Waals surface area contributed by atoms with Crippen molar-refractivity contribution in [2.24, 2.45) is 11.8 Å². The summed E-state index contributed by atoms with van der Waals surface area (Å²) in [6.45, 7) is 17.2. The van der Waals surface area contributed by atoms with Crippen molar-refractivity contribution >= 4 is 19.8 Å². The number of esters is 2. The number of carbonyl (C=O) groups excluding carboxylic acids is 2. The minimum absolute atomic E-state index is 0.140. The summed E-state index contributed by atoms with van der Waals surface area (Å²) in [5.41, 5.74) is 0. The molecular formula is C34H69O8P. The summed E-state index contributed by atoms with van der Waals surface area (Å²) in [4.78, 5) is 23.6. The fourth-order valence-corrected chi connectivity index (χ4v) is 5.26. The van der Waals surface area contributed by atoms with E-state index in [9.17, 15) is 14.2 Å². The summed E-state index contributed by atoms with van der Waals surface area (Å²) in [7, 11) is -3.31. The van der Waals surface area contributed by atoms with Crippen LogP contribution >= 0.6 is 7.82 Å². The van der Waals surface area contributed by atoms with Crippen LogP contribution in [0.5, 0.6) is 0 Å². The molecule has 0 aromatic heterocycles. The van der Waals surface area contributed by atoms with Crippen LogP contribution in [0.4, 0.5) is 0 Å². The third kappa shape index (κ3) is 29.5. The summed E-state index contributed by atoms with van der Waals surface area (Å²) in [5.74, 6) is 0.680. The molecule has 0 rings (SSSR count). The van der Waals surface area contributed by atoms with Crippen LogP contribution in [-0.2, 0) is 37.2 Å². The normalized spacial score (nSPS) is 12.7. The number of phosphoric ester groups is 1. The van der Waals surface area contributed by atoms with Crippen LogP contribution < -0.4 is 0 Å². The Morgan fingerprint density at radius 3 is 1.12 bits per heavy atom. The number of carbonyl (C=O) groups is 2. The standard InChI is InChI=1S/C22H42O4.C12H27O4P/c1-5-9-13-19(7-3)17-25-21(23)15-11-12-16-22(24)26-18-20(8-4)14-10-6-2;1-4-7-10-14-17(13,15-11-8-5-2)16-12-9-6-3/h19-20H,5-18H2,1-4H3;4-12H2,1-3H3. The predicted octanol–water partition coefficient (Wildman–Crippen LogP) is 10.6. The van der Waals surface area contributed by atoms with E-state index < -0.39 is 7.82 Å². The van der Waals surface area contributed by atoms with Gasteiger partial charge in [0, 0.05) is 12.8 Å². The molecule has 0 fully saturated rings. The van der Waals surface area contributed by atoms with E-state index in [1.165, 1.54) is 25.7 Å². The van der Waals surface area contributed by atoms with Gasteiger partial charge in [-0.2, -0.15) is 0 Å². The summed E-state index contributed by atoms with van der Waals surface area (Å²) < 4.78 is 38.7. The summed E-state index contributed by atoms with van der Waals surface area (Å²) in [6.07, 6.45) is 16.9. The quantitative estimate of drug-likeness (QED) is 0.0454. The second-order valence-electron chi connectivity index (χ2n) is 11.4. The van der Waals surface area contributed by atoms with Gasteiger partial charge >= 0.3 is 19.8 Å². The van der Waals surface area contributed by atoms with Crippen LogP contribution in [0.1, 0.15) is 164 Å². The molecule has 0 saturated carbocycles. The first-order valence-corrected chi connectivity index (χ1v) is 19.1. The van der Waals surface area contributed by atoms with Gasteiger partial charge in [-0.1, -0.05) is 106 Å². The van der Waals surface area contributed by atoms with Crippen molar-refractivity contribution in [3.63, 3.8) is 0 Å². The largest absolute Gasteiger partial charge is 0.474 e. The Bertz CT molecular complexity index is 605. The molecule has 2 atom stereocenters. The molecule has 0 aromatic carbocycles. The van der Waals surface area contributed by atoms with Gasteiger partial charge in [-0.05, 0) is 56.8 Å². The van der Waals surface area contributed by atoms with E-state index in [4.69, 9.17) is 23.0 Å². The Balaban J connectivity index is 0. The number of hydrogen-bond acceptors (Lipinski definition) is 8. The van der Waals surface area contributed by atoms with Crippen molar-refractivity contribution < 1.29 is 37.2 Å². The minimum Gasteiger partial charge on any atom is -0.465 e. The molecule has 258 valence electrons. The van der Waals surface area contributed by atoms with Crippen molar-refractivity contribution in [2.45, 2.75) is 164 Å². The molecule has 0 N–H and O–H groups in total. The third-order valence-electron chi connectivity index (χ3n) is 7.30. The van der Waals surface area contributed by atoms with Crippen LogP contribution in [0.15, 0.2) is 0 Å². The van der Waals surface area contributed by atoms with E-state index >= 15 is 0 Å². The SMILES string of the molecule is CCCCC(CC)COC(=O)CCCCC(=O)OCC(CC)CCCC.CCCCOP(=O)(OCCCC)OCCCC. The molecular weight excluding hydrogens is 567 g/mol. The summed E-state index contributed by atoms with van der Waals surface area (Å²) in [6, 6.07) is 0. The maximum Gasteiger partial charge on any atom is 0.474 e. The lowest BCUT2D eigenvalue weighted by atomic mass is 10.0. The van der Waals surface area contributed by atoms with Gasteiger partial charge in [0.25, 0.3) is 0 Å². The number of hydrogen-bond donors (Lipinski definition) is 0. The predicted molar refractivity (Wildman–Crippen MR) is 177 cm³/mol. The topological polar surface area (TPSA) is 97.4 Å². The lowest BCUT2D eigenvalue weighted by Gasteiger charge is -2.17. The summed E-state index contributed by atoms with van der Waals surface area (Å²) >= 11 is 0. The molecule has 9 heteroatoms. The van der Waals surface area contributed by atoms with Gasteiger partial charge in [0.05, 0.1) is 33.0 Å². The van der Waals surface area contributed by atoms with E-state index in [1.807, 2.05) is 0 Å². The van der Waals surface area contributed by atoms with Gasteiger partial charge in [0.15, 0.2) is 0 Å². The molecule has 0 bridgehead atoms. The van der Waals surface area contributed by atoms with Crippen molar-refractivity contribution in [2.75, 3.05) is 33.0 Å². The second kappa shape index (κ2) is 32.4. The number of ether oxygens (including phenoxy) is 2. The van der Waals surface area contributed by atoms with Gasteiger partial charge in [0.1, 0.15) is 0 Å². The first-order chi connectivity index (χ1) is 20.7. The van der Waals surface area contributed by atoms with Crippen molar-refractivity contribution in [3.05, 3.63) is 0 Å². The van der Waals surface area contributed by atoms with Crippen molar-refractivity contribution in [1.82, 2.24) is 0 Å². The van der Waals surface area contributed by atoms with E-state index in [0.717, 1.165) is 64.2 Å². The average Bonchev–Trinajstić information content (AvgIpc) is 3.00. The number of rotatable bonds is 29. The number of unbranched alkanes of at least 4 members (excludes halogenated alkanes) is 6. The molecule has 0 aromatic rings. The fourth-order valence-electron chi connectivity index (χ4n) is 3.97.